The summed E-state index contributed by atoms with van der Waals surface area (Å²) in [7, 11) is -7.62. The van der Waals surface area contributed by atoms with Crippen LogP contribution < -0.4 is 9.46 Å². The molecule has 0 fully saturated rings. The van der Waals surface area contributed by atoms with Gasteiger partial charge < -0.3 is 4.74 Å². The second kappa shape index (κ2) is 8.73. The number of hydrogen-bond donors (Lipinski definition) is 1. The number of rotatable bonds is 9. The van der Waals surface area contributed by atoms with E-state index in [9.17, 15) is 16.8 Å². The zero-order valence-electron chi connectivity index (χ0n) is 15.5. The van der Waals surface area contributed by atoms with Crippen molar-refractivity contribution in [2.75, 3.05) is 24.4 Å². The first-order chi connectivity index (χ1) is 12.8. The van der Waals surface area contributed by atoms with Crippen LogP contribution in [-0.4, -0.2) is 40.8 Å². The highest BCUT2D eigenvalue weighted by Crippen LogP contribution is 2.31. The Kier molecular flexibility index (Phi) is 6.85. The lowest BCUT2D eigenvalue weighted by atomic mass is 10.3. The summed E-state index contributed by atoms with van der Waals surface area (Å²) in [4.78, 5) is 0.0740. The molecule has 0 saturated carbocycles. The van der Waals surface area contributed by atoms with Gasteiger partial charge in [-0.1, -0.05) is 32.0 Å². The molecule has 0 aliphatic carbocycles. The summed E-state index contributed by atoms with van der Waals surface area (Å²) in [5.74, 6) is 0.260. The zero-order chi connectivity index (χ0) is 20.1. The number of nitrogens with zero attached hydrogens (tertiary/aromatic N) is 1. The Labute approximate surface area is 161 Å². The van der Waals surface area contributed by atoms with Crippen LogP contribution in [0.2, 0.25) is 0 Å². The van der Waals surface area contributed by atoms with Gasteiger partial charge in [0, 0.05) is 13.1 Å². The lowest BCUT2D eigenvalue weighted by Gasteiger charge is -2.20. The molecular formula is C18H24N2O5S2. The molecule has 0 spiro atoms. The van der Waals surface area contributed by atoms with Gasteiger partial charge in [0.1, 0.15) is 5.75 Å². The molecule has 0 atom stereocenters. The maximum Gasteiger partial charge on any atom is 0.262 e. The van der Waals surface area contributed by atoms with Crippen molar-refractivity contribution in [2.24, 2.45) is 0 Å². The molecule has 0 bridgehead atoms. The van der Waals surface area contributed by atoms with Gasteiger partial charge in [-0.05, 0) is 37.3 Å². The van der Waals surface area contributed by atoms with Gasteiger partial charge in [-0.25, -0.2) is 16.8 Å². The van der Waals surface area contributed by atoms with Gasteiger partial charge in [0.2, 0.25) is 10.0 Å². The lowest BCUT2D eigenvalue weighted by molar-refractivity contribution is 0.341. The molecular weight excluding hydrogens is 388 g/mol. The van der Waals surface area contributed by atoms with Crippen LogP contribution in [0.5, 0.6) is 5.75 Å². The summed E-state index contributed by atoms with van der Waals surface area (Å²) in [6, 6.07) is 12.0. The topological polar surface area (TPSA) is 92.8 Å². The third-order valence-electron chi connectivity index (χ3n) is 3.89. The monoisotopic (exact) mass is 412 g/mol. The minimum Gasteiger partial charge on any atom is -0.492 e. The van der Waals surface area contributed by atoms with Gasteiger partial charge >= 0.3 is 0 Å². The predicted molar refractivity (Wildman–Crippen MR) is 105 cm³/mol. The van der Waals surface area contributed by atoms with Crippen molar-refractivity contribution in [2.45, 2.75) is 30.6 Å². The molecule has 148 valence electrons. The van der Waals surface area contributed by atoms with E-state index < -0.39 is 20.0 Å². The fourth-order valence-corrected chi connectivity index (χ4v) is 5.11. The van der Waals surface area contributed by atoms with E-state index in [-0.39, 0.29) is 21.2 Å². The normalized spacial score (nSPS) is 12.1. The minimum atomic E-state index is -3.89. The molecule has 2 aromatic rings. The second-order valence-electron chi connectivity index (χ2n) is 5.60. The van der Waals surface area contributed by atoms with E-state index in [0.717, 1.165) is 0 Å². The molecule has 27 heavy (non-hydrogen) atoms. The van der Waals surface area contributed by atoms with Gasteiger partial charge in [-0.3, -0.25) is 4.72 Å². The van der Waals surface area contributed by atoms with Crippen LogP contribution >= 0.6 is 0 Å². The summed E-state index contributed by atoms with van der Waals surface area (Å²) in [5.41, 5.74) is 0.0777. The van der Waals surface area contributed by atoms with Gasteiger partial charge in [0.25, 0.3) is 10.0 Å². The molecule has 0 amide bonds. The molecule has 1 N–H and O–H groups in total. The summed E-state index contributed by atoms with van der Waals surface area (Å²) >= 11 is 0. The summed E-state index contributed by atoms with van der Waals surface area (Å²) in [6.07, 6.45) is 0. The number of sulfonamides is 2. The standard InChI is InChI=1S/C18H24N2O5S2/c1-4-20(5-2)27(23,24)16-12-13-18(25-6-3)17(14-16)19-26(21,22)15-10-8-7-9-11-15/h7-14,19H,4-6H2,1-3H3. The van der Waals surface area contributed by atoms with Gasteiger partial charge in [0.15, 0.2) is 0 Å². The Balaban J connectivity index is 2.51. The number of ether oxygens (including phenoxy) is 1. The molecule has 0 unspecified atom stereocenters. The van der Waals surface area contributed by atoms with E-state index in [4.69, 9.17) is 4.74 Å². The highest BCUT2D eigenvalue weighted by molar-refractivity contribution is 7.92. The zero-order valence-corrected chi connectivity index (χ0v) is 17.2. The van der Waals surface area contributed by atoms with E-state index in [2.05, 4.69) is 4.72 Å². The van der Waals surface area contributed by atoms with Crippen molar-refractivity contribution in [3.05, 3.63) is 48.5 Å². The first-order valence-corrected chi connectivity index (χ1v) is 11.5. The van der Waals surface area contributed by atoms with Crippen LogP contribution in [0.15, 0.2) is 58.3 Å². The first kappa shape index (κ1) is 21.2. The molecule has 0 aliphatic heterocycles. The minimum absolute atomic E-state index is 0.000384. The maximum absolute atomic E-state index is 12.8. The number of nitrogens with one attached hydrogen (secondary N) is 1. The molecule has 0 heterocycles. The highest BCUT2D eigenvalue weighted by Gasteiger charge is 2.24. The van der Waals surface area contributed by atoms with Gasteiger partial charge in [-0.15, -0.1) is 0 Å². The highest BCUT2D eigenvalue weighted by atomic mass is 32.2. The summed E-state index contributed by atoms with van der Waals surface area (Å²) in [6.45, 7) is 6.19. The molecule has 0 radical (unpaired) electrons. The number of anilines is 1. The molecule has 9 heteroatoms. The molecule has 7 nitrogen and oxygen atoms in total. The molecule has 0 saturated heterocycles. The Bertz CT molecular complexity index is 970. The van der Waals surface area contributed by atoms with Crippen molar-refractivity contribution in [3.63, 3.8) is 0 Å². The first-order valence-electron chi connectivity index (χ1n) is 8.61. The van der Waals surface area contributed by atoms with Crippen LogP contribution in [0.4, 0.5) is 5.69 Å². The van der Waals surface area contributed by atoms with E-state index in [0.29, 0.717) is 19.7 Å². The van der Waals surface area contributed by atoms with Crippen LogP contribution in [0, 0.1) is 0 Å². The maximum atomic E-state index is 12.8. The Hall–Kier alpha value is -2.10. The predicted octanol–water partition coefficient (Wildman–Crippen LogP) is 2.92. The summed E-state index contributed by atoms with van der Waals surface area (Å²) < 4.78 is 60.0. The van der Waals surface area contributed by atoms with Crippen molar-refractivity contribution in [1.82, 2.24) is 4.31 Å². The van der Waals surface area contributed by atoms with Crippen molar-refractivity contribution >= 4 is 25.7 Å². The molecule has 0 aromatic heterocycles. The fourth-order valence-electron chi connectivity index (χ4n) is 2.55. The number of hydrogen-bond acceptors (Lipinski definition) is 5. The lowest BCUT2D eigenvalue weighted by Crippen LogP contribution is -2.30. The molecule has 2 aromatic carbocycles. The third-order valence-corrected chi connectivity index (χ3v) is 7.32. The smallest absolute Gasteiger partial charge is 0.262 e. The van der Waals surface area contributed by atoms with E-state index in [1.54, 1.807) is 39.0 Å². The van der Waals surface area contributed by atoms with Crippen LogP contribution in [0.25, 0.3) is 0 Å². The number of benzene rings is 2. The van der Waals surface area contributed by atoms with Crippen LogP contribution in [0.1, 0.15) is 20.8 Å². The van der Waals surface area contributed by atoms with E-state index in [1.165, 1.54) is 34.6 Å². The van der Waals surface area contributed by atoms with Gasteiger partial charge in [-0.2, -0.15) is 4.31 Å². The van der Waals surface area contributed by atoms with E-state index >= 15 is 0 Å². The third kappa shape index (κ3) is 4.79. The average molecular weight is 413 g/mol. The van der Waals surface area contributed by atoms with Gasteiger partial charge in [0.05, 0.1) is 22.1 Å². The van der Waals surface area contributed by atoms with Crippen molar-refractivity contribution in [3.8, 4) is 5.75 Å². The van der Waals surface area contributed by atoms with E-state index in [1.807, 2.05) is 0 Å². The van der Waals surface area contributed by atoms with Crippen molar-refractivity contribution in [1.29, 1.82) is 0 Å². The molecule has 0 aliphatic rings. The summed E-state index contributed by atoms with van der Waals surface area (Å²) in [5, 5.41) is 0. The van der Waals surface area contributed by atoms with Crippen molar-refractivity contribution < 1.29 is 21.6 Å². The Morgan fingerprint density at radius 3 is 2.07 bits per heavy atom. The van der Waals surface area contributed by atoms with Crippen LogP contribution in [-0.2, 0) is 20.0 Å². The SMILES string of the molecule is CCOc1ccc(S(=O)(=O)N(CC)CC)cc1NS(=O)(=O)c1ccccc1. The largest absolute Gasteiger partial charge is 0.492 e. The quantitative estimate of drug-likeness (QED) is 0.684. The second-order valence-corrected chi connectivity index (χ2v) is 9.22. The molecule has 2 rings (SSSR count). The Morgan fingerprint density at radius 1 is 0.889 bits per heavy atom. The fraction of sp³-hybridized carbons (Fsp3) is 0.333. The Morgan fingerprint density at radius 2 is 1.52 bits per heavy atom. The average Bonchev–Trinajstić information content (AvgIpc) is 2.64. The van der Waals surface area contributed by atoms with Crippen LogP contribution in [0.3, 0.4) is 0 Å².